The van der Waals surface area contributed by atoms with Gasteiger partial charge in [-0.05, 0) is 18.9 Å². The van der Waals surface area contributed by atoms with Crippen LogP contribution in [0.1, 0.15) is 31.2 Å². The van der Waals surface area contributed by atoms with Gasteiger partial charge in [0.25, 0.3) is 0 Å². The maximum Gasteiger partial charge on any atom is 0.227 e. The highest BCUT2D eigenvalue weighted by atomic mass is 16.5. The first-order valence-corrected chi connectivity index (χ1v) is 7.23. The number of rotatable bonds is 4. The fourth-order valence-electron chi connectivity index (χ4n) is 2.59. The quantitative estimate of drug-likeness (QED) is 0.849. The van der Waals surface area contributed by atoms with Crippen LogP contribution in [0.15, 0.2) is 18.2 Å². The van der Waals surface area contributed by atoms with Gasteiger partial charge >= 0.3 is 0 Å². The van der Waals surface area contributed by atoms with Crippen molar-refractivity contribution in [1.29, 1.82) is 0 Å². The van der Waals surface area contributed by atoms with E-state index in [4.69, 9.17) is 9.47 Å². The molecule has 2 rings (SSSR count). The average Bonchev–Trinajstić information content (AvgIpc) is 2.76. The maximum atomic E-state index is 12.4. The van der Waals surface area contributed by atoms with Crippen LogP contribution < -0.4 is 9.47 Å². The second kappa shape index (κ2) is 7.17. The Balaban J connectivity index is 2.06. The first-order valence-electron chi connectivity index (χ1n) is 7.23. The predicted molar refractivity (Wildman–Crippen MR) is 78.3 cm³/mol. The van der Waals surface area contributed by atoms with Gasteiger partial charge in [-0.25, -0.2) is 0 Å². The largest absolute Gasteiger partial charge is 0.497 e. The van der Waals surface area contributed by atoms with E-state index in [1.54, 1.807) is 14.2 Å². The summed E-state index contributed by atoms with van der Waals surface area (Å²) in [6.45, 7) is 1.77. The Labute approximate surface area is 120 Å². The third-order valence-corrected chi connectivity index (χ3v) is 3.79. The summed E-state index contributed by atoms with van der Waals surface area (Å²) in [5, 5.41) is 0. The maximum absolute atomic E-state index is 12.4. The van der Waals surface area contributed by atoms with Gasteiger partial charge in [0, 0.05) is 24.7 Å². The minimum atomic E-state index is 0.190. The minimum Gasteiger partial charge on any atom is -0.497 e. The normalized spacial score (nSPS) is 15.6. The van der Waals surface area contributed by atoms with Crippen LogP contribution in [0.4, 0.5) is 0 Å². The number of ether oxygens (including phenoxy) is 2. The van der Waals surface area contributed by atoms with Crippen LogP contribution in [0.25, 0.3) is 0 Å². The molecule has 1 aliphatic heterocycles. The lowest BCUT2D eigenvalue weighted by molar-refractivity contribution is -0.130. The molecule has 0 radical (unpaired) electrons. The molecule has 0 aliphatic carbocycles. The van der Waals surface area contributed by atoms with Crippen LogP contribution in [0.5, 0.6) is 11.5 Å². The first kappa shape index (κ1) is 14.7. The topological polar surface area (TPSA) is 38.8 Å². The Morgan fingerprint density at radius 1 is 1.10 bits per heavy atom. The van der Waals surface area contributed by atoms with Gasteiger partial charge in [-0.3, -0.25) is 4.79 Å². The Bertz CT molecular complexity index is 451. The Morgan fingerprint density at radius 2 is 1.80 bits per heavy atom. The number of hydrogen-bond acceptors (Lipinski definition) is 3. The molecule has 1 heterocycles. The van der Waals surface area contributed by atoms with E-state index in [0.717, 1.165) is 37.2 Å². The lowest BCUT2D eigenvalue weighted by atomic mass is 10.1. The number of methoxy groups -OCH3 is 2. The molecule has 4 nitrogen and oxygen atoms in total. The standard InChI is InChI=1S/C16H23NO3/c1-19-14-8-7-13(15(12-14)20-2)11-16(18)17-9-5-3-4-6-10-17/h7-8,12H,3-6,9-11H2,1-2H3. The Hall–Kier alpha value is -1.71. The van der Waals surface area contributed by atoms with Crippen molar-refractivity contribution in [3.05, 3.63) is 23.8 Å². The summed E-state index contributed by atoms with van der Waals surface area (Å²) in [5.41, 5.74) is 0.919. The summed E-state index contributed by atoms with van der Waals surface area (Å²) < 4.78 is 10.5. The molecule has 0 N–H and O–H groups in total. The number of hydrogen-bond donors (Lipinski definition) is 0. The summed E-state index contributed by atoms with van der Waals surface area (Å²) in [4.78, 5) is 14.4. The summed E-state index contributed by atoms with van der Waals surface area (Å²) in [6.07, 6.45) is 5.09. The number of amides is 1. The van der Waals surface area contributed by atoms with Gasteiger partial charge in [0.1, 0.15) is 11.5 Å². The SMILES string of the molecule is COc1ccc(CC(=O)N2CCCCCC2)c(OC)c1. The van der Waals surface area contributed by atoms with Crippen LogP contribution in [0, 0.1) is 0 Å². The van der Waals surface area contributed by atoms with Crippen molar-refractivity contribution < 1.29 is 14.3 Å². The van der Waals surface area contributed by atoms with Gasteiger partial charge in [-0.15, -0.1) is 0 Å². The monoisotopic (exact) mass is 277 g/mol. The van der Waals surface area contributed by atoms with Crippen molar-refractivity contribution in [2.24, 2.45) is 0 Å². The van der Waals surface area contributed by atoms with Gasteiger partial charge in [0.2, 0.25) is 5.91 Å². The zero-order valence-electron chi connectivity index (χ0n) is 12.4. The minimum absolute atomic E-state index is 0.190. The highest BCUT2D eigenvalue weighted by Crippen LogP contribution is 2.25. The zero-order valence-corrected chi connectivity index (χ0v) is 12.4. The lowest BCUT2D eigenvalue weighted by Crippen LogP contribution is -2.33. The molecular formula is C16H23NO3. The third kappa shape index (κ3) is 3.65. The highest BCUT2D eigenvalue weighted by molar-refractivity contribution is 5.79. The summed E-state index contributed by atoms with van der Waals surface area (Å²) in [7, 11) is 3.24. The molecule has 20 heavy (non-hydrogen) atoms. The molecule has 4 heteroatoms. The van der Waals surface area contributed by atoms with E-state index >= 15 is 0 Å². The molecule has 0 atom stereocenters. The second-order valence-electron chi connectivity index (χ2n) is 5.15. The molecule has 1 aromatic rings. The number of benzene rings is 1. The average molecular weight is 277 g/mol. The molecular weight excluding hydrogens is 254 g/mol. The first-order chi connectivity index (χ1) is 9.74. The van der Waals surface area contributed by atoms with E-state index in [1.165, 1.54) is 12.8 Å². The van der Waals surface area contributed by atoms with Crippen molar-refractivity contribution in [2.45, 2.75) is 32.1 Å². The van der Waals surface area contributed by atoms with Crippen molar-refractivity contribution in [3.63, 3.8) is 0 Å². The van der Waals surface area contributed by atoms with E-state index in [-0.39, 0.29) is 5.91 Å². The second-order valence-corrected chi connectivity index (χ2v) is 5.15. The van der Waals surface area contributed by atoms with E-state index in [1.807, 2.05) is 23.1 Å². The van der Waals surface area contributed by atoms with Crippen molar-refractivity contribution in [1.82, 2.24) is 4.90 Å². The third-order valence-electron chi connectivity index (χ3n) is 3.79. The van der Waals surface area contributed by atoms with Gasteiger partial charge in [-0.2, -0.15) is 0 Å². The highest BCUT2D eigenvalue weighted by Gasteiger charge is 2.17. The van der Waals surface area contributed by atoms with Crippen LogP contribution >= 0.6 is 0 Å². The molecule has 1 fully saturated rings. The van der Waals surface area contributed by atoms with E-state index < -0.39 is 0 Å². The van der Waals surface area contributed by atoms with Gasteiger partial charge in [0.05, 0.1) is 20.6 Å². The van der Waals surface area contributed by atoms with E-state index in [0.29, 0.717) is 12.2 Å². The molecule has 110 valence electrons. The van der Waals surface area contributed by atoms with Crippen molar-refractivity contribution >= 4 is 5.91 Å². The van der Waals surface area contributed by atoms with E-state index in [9.17, 15) is 4.79 Å². The Morgan fingerprint density at radius 3 is 2.40 bits per heavy atom. The van der Waals surface area contributed by atoms with Crippen LogP contribution in [-0.4, -0.2) is 38.1 Å². The predicted octanol–water partition coefficient (Wildman–Crippen LogP) is 2.65. The molecule has 0 saturated carbocycles. The molecule has 0 unspecified atom stereocenters. The smallest absolute Gasteiger partial charge is 0.227 e. The molecule has 1 amide bonds. The summed E-state index contributed by atoms with van der Waals surface area (Å²) in [5.74, 6) is 1.65. The number of carbonyl (C=O) groups excluding carboxylic acids is 1. The molecule has 0 spiro atoms. The molecule has 1 saturated heterocycles. The summed E-state index contributed by atoms with van der Waals surface area (Å²) in [6, 6.07) is 5.60. The molecule has 0 aromatic heterocycles. The molecule has 1 aliphatic rings. The van der Waals surface area contributed by atoms with Crippen molar-refractivity contribution in [3.8, 4) is 11.5 Å². The number of nitrogens with zero attached hydrogens (tertiary/aromatic N) is 1. The number of likely N-dealkylation sites (tertiary alicyclic amines) is 1. The number of carbonyl (C=O) groups is 1. The van der Waals surface area contributed by atoms with Gasteiger partial charge < -0.3 is 14.4 Å². The van der Waals surface area contributed by atoms with Crippen molar-refractivity contribution in [2.75, 3.05) is 27.3 Å². The van der Waals surface area contributed by atoms with E-state index in [2.05, 4.69) is 0 Å². The van der Waals surface area contributed by atoms with Crippen LogP contribution in [0.2, 0.25) is 0 Å². The van der Waals surface area contributed by atoms with Crippen LogP contribution in [0.3, 0.4) is 0 Å². The molecule has 1 aromatic carbocycles. The van der Waals surface area contributed by atoms with Gasteiger partial charge in [0.15, 0.2) is 0 Å². The fraction of sp³-hybridized carbons (Fsp3) is 0.562. The molecule has 0 bridgehead atoms. The Kier molecular flexibility index (Phi) is 5.27. The van der Waals surface area contributed by atoms with Gasteiger partial charge in [-0.1, -0.05) is 18.9 Å². The fourth-order valence-corrected chi connectivity index (χ4v) is 2.59. The lowest BCUT2D eigenvalue weighted by Gasteiger charge is -2.21. The summed E-state index contributed by atoms with van der Waals surface area (Å²) >= 11 is 0. The van der Waals surface area contributed by atoms with Crippen LogP contribution in [-0.2, 0) is 11.2 Å². The zero-order chi connectivity index (χ0) is 14.4.